The van der Waals surface area contributed by atoms with E-state index in [1.807, 2.05) is 0 Å². The first-order chi connectivity index (χ1) is 7.54. The Morgan fingerprint density at radius 3 is 2.31 bits per heavy atom. The van der Waals surface area contributed by atoms with Crippen LogP contribution in [0.3, 0.4) is 0 Å². The molecule has 0 fully saturated rings. The summed E-state index contributed by atoms with van der Waals surface area (Å²) in [6, 6.07) is 3.58. The maximum atomic E-state index is 9.50. The van der Waals surface area contributed by atoms with E-state index in [1.54, 1.807) is 12.1 Å². The molecule has 0 heterocycles. The second-order valence-corrected chi connectivity index (χ2v) is 5.08. The third kappa shape index (κ3) is 4.03. The molecule has 1 rings (SSSR count). The molecule has 1 atom stereocenters. The van der Waals surface area contributed by atoms with E-state index in [-0.39, 0.29) is 12.4 Å². The van der Waals surface area contributed by atoms with E-state index in [0.717, 1.165) is 5.56 Å². The summed E-state index contributed by atoms with van der Waals surface area (Å²) in [5.41, 5.74) is 0.960. The second kappa shape index (κ2) is 6.56. The average molecular weight is 355 g/mol. The fourth-order valence-electron chi connectivity index (χ4n) is 1.17. The van der Waals surface area contributed by atoms with Crippen LogP contribution < -0.4 is 5.32 Å². The maximum Gasteiger partial charge on any atom is 0.143 e. The third-order valence-electron chi connectivity index (χ3n) is 2.00. The number of benzene rings is 1. The van der Waals surface area contributed by atoms with E-state index in [1.165, 1.54) is 0 Å². The average Bonchev–Trinajstić information content (AvgIpc) is 2.25. The molecule has 0 aliphatic rings. The van der Waals surface area contributed by atoms with Crippen LogP contribution in [0.5, 0.6) is 5.75 Å². The van der Waals surface area contributed by atoms with Crippen molar-refractivity contribution in [3.05, 3.63) is 26.6 Å². The fourth-order valence-corrected chi connectivity index (χ4v) is 2.45. The molecule has 0 aliphatic heterocycles. The van der Waals surface area contributed by atoms with Crippen molar-refractivity contribution in [3.8, 4) is 5.75 Å². The molecular weight excluding hydrogens is 342 g/mol. The van der Waals surface area contributed by atoms with Gasteiger partial charge < -0.3 is 20.6 Å². The van der Waals surface area contributed by atoms with Gasteiger partial charge in [-0.3, -0.25) is 0 Å². The van der Waals surface area contributed by atoms with Crippen molar-refractivity contribution in [2.45, 2.75) is 12.6 Å². The summed E-state index contributed by atoms with van der Waals surface area (Å²) >= 11 is 6.47. The molecule has 0 spiro atoms. The lowest BCUT2D eigenvalue weighted by atomic mass is 10.2. The molecular formula is C10H13Br2NO3. The van der Waals surface area contributed by atoms with Crippen molar-refractivity contribution >= 4 is 31.9 Å². The van der Waals surface area contributed by atoms with Crippen LogP contribution in [-0.2, 0) is 6.54 Å². The zero-order valence-corrected chi connectivity index (χ0v) is 11.6. The van der Waals surface area contributed by atoms with Gasteiger partial charge in [0.1, 0.15) is 5.75 Å². The third-order valence-corrected chi connectivity index (χ3v) is 3.21. The van der Waals surface area contributed by atoms with Gasteiger partial charge >= 0.3 is 0 Å². The number of rotatable bonds is 5. The lowest BCUT2D eigenvalue weighted by Gasteiger charge is -2.10. The molecule has 0 radical (unpaired) electrons. The van der Waals surface area contributed by atoms with Gasteiger partial charge in [0.2, 0.25) is 0 Å². The number of phenolic OH excluding ortho intramolecular Hbond substituents is 1. The summed E-state index contributed by atoms with van der Waals surface area (Å²) in [6.07, 6.45) is -0.746. The zero-order chi connectivity index (χ0) is 12.1. The summed E-state index contributed by atoms with van der Waals surface area (Å²) in [4.78, 5) is 0. The molecule has 6 heteroatoms. The number of halogens is 2. The smallest absolute Gasteiger partial charge is 0.143 e. The summed E-state index contributed by atoms with van der Waals surface area (Å²) in [5.74, 6) is 0.166. The Hall–Kier alpha value is -0.140. The van der Waals surface area contributed by atoms with Crippen LogP contribution in [-0.4, -0.2) is 34.6 Å². The molecule has 4 N–H and O–H groups in total. The first-order valence-electron chi connectivity index (χ1n) is 4.71. The molecule has 1 unspecified atom stereocenters. The van der Waals surface area contributed by atoms with Crippen molar-refractivity contribution in [1.29, 1.82) is 0 Å². The van der Waals surface area contributed by atoms with Crippen LogP contribution in [0.25, 0.3) is 0 Å². The van der Waals surface area contributed by atoms with Gasteiger partial charge in [-0.2, -0.15) is 0 Å². The highest BCUT2D eigenvalue weighted by Gasteiger charge is 2.06. The van der Waals surface area contributed by atoms with Gasteiger partial charge in [-0.1, -0.05) is 0 Å². The minimum absolute atomic E-state index is 0.166. The van der Waals surface area contributed by atoms with E-state index < -0.39 is 6.10 Å². The van der Waals surface area contributed by atoms with Gasteiger partial charge in [-0.25, -0.2) is 0 Å². The van der Waals surface area contributed by atoms with Crippen molar-refractivity contribution in [2.24, 2.45) is 0 Å². The summed E-state index contributed by atoms with van der Waals surface area (Å²) in [5, 5.41) is 30.2. The number of hydrogen-bond donors (Lipinski definition) is 4. The minimum Gasteiger partial charge on any atom is -0.506 e. The number of nitrogens with one attached hydrogen (secondary N) is 1. The first-order valence-corrected chi connectivity index (χ1v) is 6.29. The van der Waals surface area contributed by atoms with Gasteiger partial charge in [0, 0.05) is 13.1 Å². The molecule has 1 aromatic carbocycles. The van der Waals surface area contributed by atoms with E-state index in [0.29, 0.717) is 22.0 Å². The molecule has 0 bridgehead atoms. The Morgan fingerprint density at radius 2 is 1.81 bits per heavy atom. The second-order valence-electron chi connectivity index (χ2n) is 3.38. The maximum absolute atomic E-state index is 9.50. The van der Waals surface area contributed by atoms with E-state index >= 15 is 0 Å². The van der Waals surface area contributed by atoms with Crippen molar-refractivity contribution in [1.82, 2.24) is 5.32 Å². The molecule has 0 aliphatic carbocycles. The normalized spacial score (nSPS) is 12.8. The number of aliphatic hydroxyl groups is 2. The largest absolute Gasteiger partial charge is 0.506 e. The quantitative estimate of drug-likeness (QED) is 0.644. The number of hydrogen-bond acceptors (Lipinski definition) is 4. The van der Waals surface area contributed by atoms with Gasteiger partial charge in [0.25, 0.3) is 0 Å². The SMILES string of the molecule is OCC(O)CNCc1cc(Br)c(O)c(Br)c1. The number of aromatic hydroxyl groups is 1. The van der Waals surface area contributed by atoms with Gasteiger partial charge in [-0.05, 0) is 49.6 Å². The molecule has 1 aromatic rings. The van der Waals surface area contributed by atoms with Crippen LogP contribution in [0.1, 0.15) is 5.56 Å². The van der Waals surface area contributed by atoms with Crippen LogP contribution in [0.15, 0.2) is 21.1 Å². The predicted molar refractivity (Wildman–Crippen MR) is 68.3 cm³/mol. The molecule has 0 saturated heterocycles. The van der Waals surface area contributed by atoms with E-state index in [9.17, 15) is 5.11 Å². The summed E-state index contributed by atoms with van der Waals surface area (Å²) < 4.78 is 1.22. The van der Waals surface area contributed by atoms with Crippen molar-refractivity contribution in [3.63, 3.8) is 0 Å². The van der Waals surface area contributed by atoms with Crippen LogP contribution >= 0.6 is 31.9 Å². The molecule has 0 amide bonds. The number of aliphatic hydroxyl groups excluding tert-OH is 2. The summed E-state index contributed by atoms with van der Waals surface area (Å²) in [7, 11) is 0. The standard InChI is InChI=1S/C10H13Br2NO3/c11-8-1-6(2-9(12)10(8)16)3-13-4-7(15)5-14/h1-2,7,13-16H,3-5H2. The van der Waals surface area contributed by atoms with Crippen molar-refractivity contribution in [2.75, 3.05) is 13.2 Å². The molecule has 0 saturated carbocycles. The molecule has 16 heavy (non-hydrogen) atoms. The van der Waals surface area contributed by atoms with Gasteiger partial charge in [0.15, 0.2) is 0 Å². The Kier molecular flexibility index (Phi) is 5.71. The molecule has 4 nitrogen and oxygen atoms in total. The minimum atomic E-state index is -0.746. The first kappa shape index (κ1) is 13.9. The Balaban J connectivity index is 2.55. The van der Waals surface area contributed by atoms with Gasteiger partial charge in [-0.15, -0.1) is 0 Å². The van der Waals surface area contributed by atoms with E-state index in [2.05, 4.69) is 37.2 Å². The number of phenols is 1. The monoisotopic (exact) mass is 353 g/mol. The van der Waals surface area contributed by atoms with Crippen LogP contribution in [0.4, 0.5) is 0 Å². The predicted octanol–water partition coefficient (Wildman–Crippen LogP) is 1.36. The Morgan fingerprint density at radius 1 is 1.25 bits per heavy atom. The lowest BCUT2D eigenvalue weighted by molar-refractivity contribution is 0.0942. The highest BCUT2D eigenvalue weighted by molar-refractivity contribution is 9.11. The highest BCUT2D eigenvalue weighted by Crippen LogP contribution is 2.33. The summed E-state index contributed by atoms with van der Waals surface area (Å²) in [6.45, 7) is 0.622. The lowest BCUT2D eigenvalue weighted by Crippen LogP contribution is -2.28. The Labute approximate surface area is 111 Å². The van der Waals surface area contributed by atoms with E-state index in [4.69, 9.17) is 10.2 Å². The molecule has 0 aromatic heterocycles. The fraction of sp³-hybridized carbons (Fsp3) is 0.400. The Bertz CT molecular complexity index is 337. The van der Waals surface area contributed by atoms with Crippen LogP contribution in [0, 0.1) is 0 Å². The topological polar surface area (TPSA) is 72.7 Å². The zero-order valence-electron chi connectivity index (χ0n) is 8.45. The van der Waals surface area contributed by atoms with Crippen molar-refractivity contribution < 1.29 is 15.3 Å². The van der Waals surface area contributed by atoms with Crippen LogP contribution in [0.2, 0.25) is 0 Å². The molecule has 90 valence electrons. The van der Waals surface area contributed by atoms with Gasteiger partial charge in [0.05, 0.1) is 21.7 Å². The highest BCUT2D eigenvalue weighted by atomic mass is 79.9.